The minimum atomic E-state index is 0. The number of halogens is 3. The summed E-state index contributed by atoms with van der Waals surface area (Å²) in [5.74, 6) is 0. The molecule has 5 heteroatoms. The summed E-state index contributed by atoms with van der Waals surface area (Å²) in [7, 11) is 4.19. The Hall–Kier alpha value is 0.01000. The molecule has 0 saturated heterocycles. The lowest BCUT2D eigenvalue weighted by atomic mass is 10.2. The van der Waals surface area contributed by atoms with Gasteiger partial charge in [-0.05, 0) is 51.3 Å². The zero-order valence-electron chi connectivity index (χ0n) is 10.3. The number of hydrogen-bond donors (Lipinski definition) is 1. The zero-order valence-corrected chi connectivity index (χ0v) is 12.7. The molecule has 0 atom stereocenters. The minimum absolute atomic E-state index is 0. The van der Waals surface area contributed by atoms with Gasteiger partial charge in [0.15, 0.2) is 0 Å². The predicted molar refractivity (Wildman–Crippen MR) is 80.8 cm³/mol. The molecule has 1 N–H and O–H groups in total. The van der Waals surface area contributed by atoms with Gasteiger partial charge in [0, 0.05) is 11.6 Å². The van der Waals surface area contributed by atoms with E-state index in [1.165, 1.54) is 12.0 Å². The minimum Gasteiger partial charge on any atom is -0.313 e. The predicted octanol–water partition coefficient (Wildman–Crippen LogP) is 3.22. The SMILES string of the molecule is CN(C)CCCNCc1cccc(Cl)c1.Cl.Cl. The number of nitrogens with one attached hydrogen (secondary N) is 1. The summed E-state index contributed by atoms with van der Waals surface area (Å²) in [6.07, 6.45) is 1.17. The van der Waals surface area contributed by atoms with E-state index in [9.17, 15) is 0 Å². The maximum Gasteiger partial charge on any atom is 0.0409 e. The second-order valence-corrected chi connectivity index (χ2v) is 4.40. The third kappa shape index (κ3) is 9.69. The summed E-state index contributed by atoms with van der Waals surface area (Å²) in [6, 6.07) is 7.97. The van der Waals surface area contributed by atoms with E-state index in [4.69, 9.17) is 11.6 Å². The van der Waals surface area contributed by atoms with E-state index < -0.39 is 0 Å². The molecule has 0 radical (unpaired) electrons. The van der Waals surface area contributed by atoms with Crippen LogP contribution in [-0.2, 0) is 6.54 Å². The van der Waals surface area contributed by atoms with Gasteiger partial charge in [-0.1, -0.05) is 23.7 Å². The average Bonchev–Trinajstić information content (AvgIpc) is 2.17. The fourth-order valence-corrected chi connectivity index (χ4v) is 1.61. The van der Waals surface area contributed by atoms with Gasteiger partial charge in [0.1, 0.15) is 0 Å². The smallest absolute Gasteiger partial charge is 0.0409 e. The van der Waals surface area contributed by atoms with Crippen molar-refractivity contribution in [2.45, 2.75) is 13.0 Å². The summed E-state index contributed by atoms with van der Waals surface area (Å²) in [5.41, 5.74) is 1.24. The number of benzene rings is 1. The van der Waals surface area contributed by atoms with Crippen LogP contribution in [0.5, 0.6) is 0 Å². The highest BCUT2D eigenvalue weighted by Crippen LogP contribution is 2.09. The van der Waals surface area contributed by atoms with Crippen molar-refractivity contribution in [3.05, 3.63) is 34.9 Å². The first-order chi connectivity index (χ1) is 7.18. The second-order valence-electron chi connectivity index (χ2n) is 3.96. The standard InChI is InChI=1S/C12H19ClN2.2ClH/c1-15(2)8-4-7-14-10-11-5-3-6-12(13)9-11;;/h3,5-6,9,14H,4,7-8,10H2,1-2H3;2*1H. The second kappa shape index (κ2) is 11.1. The van der Waals surface area contributed by atoms with Crippen LogP contribution in [-0.4, -0.2) is 32.1 Å². The fourth-order valence-electron chi connectivity index (χ4n) is 1.40. The Kier molecular flexibility index (Phi) is 12.7. The lowest BCUT2D eigenvalue weighted by Gasteiger charge is -2.09. The summed E-state index contributed by atoms with van der Waals surface area (Å²) in [6.45, 7) is 3.07. The quantitative estimate of drug-likeness (QED) is 0.811. The monoisotopic (exact) mass is 298 g/mol. The lowest BCUT2D eigenvalue weighted by molar-refractivity contribution is 0.394. The highest BCUT2D eigenvalue weighted by Gasteiger charge is 1.94. The Labute approximate surface area is 122 Å². The highest BCUT2D eigenvalue weighted by atomic mass is 35.5. The van der Waals surface area contributed by atoms with Crippen LogP contribution in [0.25, 0.3) is 0 Å². The van der Waals surface area contributed by atoms with Crippen LogP contribution in [0.1, 0.15) is 12.0 Å². The first-order valence-electron chi connectivity index (χ1n) is 5.28. The van der Waals surface area contributed by atoms with E-state index in [0.717, 1.165) is 24.7 Å². The highest BCUT2D eigenvalue weighted by molar-refractivity contribution is 6.30. The van der Waals surface area contributed by atoms with Gasteiger partial charge >= 0.3 is 0 Å². The van der Waals surface area contributed by atoms with E-state index in [2.05, 4.69) is 30.4 Å². The van der Waals surface area contributed by atoms with Crippen molar-refractivity contribution in [2.75, 3.05) is 27.2 Å². The van der Waals surface area contributed by atoms with Crippen LogP contribution < -0.4 is 5.32 Å². The fraction of sp³-hybridized carbons (Fsp3) is 0.500. The van der Waals surface area contributed by atoms with E-state index in [1.807, 2.05) is 18.2 Å². The maximum atomic E-state index is 5.89. The molecule has 1 rings (SSSR count). The molecule has 0 aliphatic rings. The Morgan fingerprint density at radius 2 is 1.94 bits per heavy atom. The number of hydrogen-bond acceptors (Lipinski definition) is 2. The van der Waals surface area contributed by atoms with Gasteiger partial charge in [-0.3, -0.25) is 0 Å². The van der Waals surface area contributed by atoms with Crippen LogP contribution >= 0.6 is 36.4 Å². The van der Waals surface area contributed by atoms with Crippen molar-refractivity contribution >= 4 is 36.4 Å². The van der Waals surface area contributed by atoms with Crippen LogP contribution in [0, 0.1) is 0 Å². The molecule has 0 aliphatic carbocycles. The van der Waals surface area contributed by atoms with Gasteiger partial charge in [0.05, 0.1) is 0 Å². The van der Waals surface area contributed by atoms with Crippen molar-refractivity contribution in [3.8, 4) is 0 Å². The summed E-state index contributed by atoms with van der Waals surface area (Å²) in [5, 5.41) is 4.21. The summed E-state index contributed by atoms with van der Waals surface area (Å²) >= 11 is 5.89. The van der Waals surface area contributed by atoms with E-state index in [-0.39, 0.29) is 24.8 Å². The Bertz CT molecular complexity index is 293. The van der Waals surface area contributed by atoms with Crippen molar-refractivity contribution in [1.82, 2.24) is 10.2 Å². The lowest BCUT2D eigenvalue weighted by Crippen LogP contribution is -2.20. The van der Waals surface area contributed by atoms with E-state index >= 15 is 0 Å². The molecule has 17 heavy (non-hydrogen) atoms. The first-order valence-corrected chi connectivity index (χ1v) is 5.66. The third-order valence-electron chi connectivity index (χ3n) is 2.18. The Morgan fingerprint density at radius 3 is 2.53 bits per heavy atom. The van der Waals surface area contributed by atoms with Gasteiger partial charge in [-0.25, -0.2) is 0 Å². The molecule has 0 aliphatic heterocycles. The van der Waals surface area contributed by atoms with Gasteiger partial charge in [0.25, 0.3) is 0 Å². The molecule has 0 spiro atoms. The normalized spacial score (nSPS) is 9.65. The van der Waals surface area contributed by atoms with Gasteiger partial charge < -0.3 is 10.2 Å². The molecule has 0 amide bonds. The molecule has 0 aromatic heterocycles. The maximum absolute atomic E-state index is 5.89. The first kappa shape index (κ1) is 19.4. The Morgan fingerprint density at radius 1 is 1.24 bits per heavy atom. The molecule has 2 nitrogen and oxygen atoms in total. The van der Waals surface area contributed by atoms with Crippen molar-refractivity contribution < 1.29 is 0 Å². The largest absolute Gasteiger partial charge is 0.313 e. The van der Waals surface area contributed by atoms with Crippen LogP contribution in [0.2, 0.25) is 5.02 Å². The van der Waals surface area contributed by atoms with Crippen LogP contribution in [0.3, 0.4) is 0 Å². The summed E-state index contributed by atoms with van der Waals surface area (Å²) in [4.78, 5) is 2.20. The van der Waals surface area contributed by atoms with Crippen LogP contribution in [0.15, 0.2) is 24.3 Å². The van der Waals surface area contributed by atoms with Gasteiger partial charge in [0.2, 0.25) is 0 Å². The van der Waals surface area contributed by atoms with Crippen molar-refractivity contribution in [2.24, 2.45) is 0 Å². The van der Waals surface area contributed by atoms with Gasteiger partial charge in [-0.15, -0.1) is 24.8 Å². The molecular formula is C12H21Cl3N2. The van der Waals surface area contributed by atoms with E-state index in [0.29, 0.717) is 0 Å². The molecule has 1 aromatic carbocycles. The summed E-state index contributed by atoms with van der Waals surface area (Å²) < 4.78 is 0. The Balaban J connectivity index is 0. The molecule has 0 saturated carbocycles. The zero-order chi connectivity index (χ0) is 11.1. The molecule has 1 aromatic rings. The molecule has 0 fully saturated rings. The average molecular weight is 300 g/mol. The molecule has 100 valence electrons. The van der Waals surface area contributed by atoms with Gasteiger partial charge in [-0.2, -0.15) is 0 Å². The number of rotatable bonds is 6. The number of nitrogens with zero attached hydrogens (tertiary/aromatic N) is 1. The topological polar surface area (TPSA) is 15.3 Å². The molecule has 0 bridgehead atoms. The van der Waals surface area contributed by atoms with Crippen LogP contribution in [0.4, 0.5) is 0 Å². The van der Waals surface area contributed by atoms with Crippen molar-refractivity contribution in [3.63, 3.8) is 0 Å². The molecule has 0 heterocycles. The molecular weight excluding hydrogens is 279 g/mol. The third-order valence-corrected chi connectivity index (χ3v) is 2.41. The molecule has 0 unspecified atom stereocenters. The van der Waals surface area contributed by atoms with E-state index in [1.54, 1.807) is 0 Å². The van der Waals surface area contributed by atoms with Crippen molar-refractivity contribution in [1.29, 1.82) is 0 Å².